The highest BCUT2D eigenvalue weighted by atomic mass is 16.4. The number of nitrogens with zero attached hydrogens (tertiary/aromatic N) is 1. The van der Waals surface area contributed by atoms with E-state index in [0.717, 1.165) is 5.56 Å². The number of carboxylic acids is 1. The fraction of sp³-hybridized carbons (Fsp3) is 0.522. The fourth-order valence-electron chi connectivity index (χ4n) is 3.33. The molecule has 0 aromatic heterocycles. The van der Waals surface area contributed by atoms with Crippen LogP contribution in [-0.4, -0.2) is 72.5 Å². The summed E-state index contributed by atoms with van der Waals surface area (Å²) < 4.78 is 0. The van der Waals surface area contributed by atoms with Crippen molar-refractivity contribution in [3.63, 3.8) is 0 Å². The number of benzene rings is 1. The van der Waals surface area contributed by atoms with E-state index < -0.39 is 48.4 Å². The van der Waals surface area contributed by atoms with Gasteiger partial charge in [-0.1, -0.05) is 30.3 Å². The summed E-state index contributed by atoms with van der Waals surface area (Å²) in [6.07, 6.45) is 2.22. The zero-order valence-electron chi connectivity index (χ0n) is 20.3. The fourth-order valence-corrected chi connectivity index (χ4v) is 3.33. The molecule has 0 bridgehead atoms. The number of rotatable bonds is 17. The zero-order chi connectivity index (χ0) is 26.9. The molecule has 200 valence electrons. The molecule has 0 aliphatic heterocycles. The van der Waals surface area contributed by atoms with Gasteiger partial charge in [0.2, 0.25) is 17.7 Å². The number of hydrogen-bond donors (Lipinski definition) is 8. The number of nitrogens with one attached hydrogen (secondary N) is 3. The van der Waals surface area contributed by atoms with Crippen LogP contribution in [0, 0.1) is 0 Å². The molecule has 0 spiro atoms. The Morgan fingerprint density at radius 2 is 1.50 bits per heavy atom. The first-order valence-electron chi connectivity index (χ1n) is 11.8. The second-order valence-corrected chi connectivity index (χ2v) is 8.26. The molecule has 36 heavy (non-hydrogen) atoms. The van der Waals surface area contributed by atoms with Gasteiger partial charge in [-0.05, 0) is 50.6 Å². The minimum atomic E-state index is -1.22. The minimum absolute atomic E-state index is 0.0972. The lowest BCUT2D eigenvalue weighted by atomic mass is 10.0. The Balaban J connectivity index is 2.91. The van der Waals surface area contributed by atoms with Crippen LogP contribution in [0.5, 0.6) is 0 Å². The second-order valence-electron chi connectivity index (χ2n) is 8.26. The van der Waals surface area contributed by atoms with Gasteiger partial charge in [-0.3, -0.25) is 24.2 Å². The van der Waals surface area contributed by atoms with Crippen molar-refractivity contribution in [1.82, 2.24) is 16.0 Å². The smallest absolute Gasteiger partial charge is 0.322 e. The molecule has 0 heterocycles. The van der Waals surface area contributed by atoms with Crippen LogP contribution in [0.1, 0.15) is 37.7 Å². The molecule has 13 heteroatoms. The lowest BCUT2D eigenvalue weighted by molar-refractivity contribution is -0.138. The largest absolute Gasteiger partial charge is 0.480 e. The van der Waals surface area contributed by atoms with Crippen molar-refractivity contribution < 1.29 is 24.3 Å². The van der Waals surface area contributed by atoms with Crippen LogP contribution in [-0.2, 0) is 25.6 Å². The number of unbranched alkanes of at least 4 members (excludes halogenated alkanes) is 1. The molecule has 0 aliphatic rings. The van der Waals surface area contributed by atoms with Gasteiger partial charge >= 0.3 is 5.97 Å². The molecular weight excluding hydrogens is 468 g/mol. The van der Waals surface area contributed by atoms with Crippen molar-refractivity contribution in [2.45, 2.75) is 56.7 Å². The van der Waals surface area contributed by atoms with Gasteiger partial charge in [-0.15, -0.1) is 0 Å². The molecule has 3 unspecified atom stereocenters. The van der Waals surface area contributed by atoms with Crippen LogP contribution in [0.3, 0.4) is 0 Å². The van der Waals surface area contributed by atoms with Gasteiger partial charge in [0.15, 0.2) is 5.96 Å². The Bertz CT molecular complexity index is 877. The maximum absolute atomic E-state index is 13.1. The van der Waals surface area contributed by atoms with E-state index in [9.17, 15) is 19.2 Å². The van der Waals surface area contributed by atoms with Crippen LogP contribution in [0.2, 0.25) is 0 Å². The van der Waals surface area contributed by atoms with Gasteiger partial charge in [0.05, 0.1) is 6.04 Å². The van der Waals surface area contributed by atoms with Crippen molar-refractivity contribution in [3.05, 3.63) is 35.9 Å². The van der Waals surface area contributed by atoms with Crippen LogP contribution in [0.4, 0.5) is 0 Å². The minimum Gasteiger partial charge on any atom is -0.480 e. The average molecular weight is 507 g/mol. The van der Waals surface area contributed by atoms with Crippen LogP contribution in [0.25, 0.3) is 0 Å². The summed E-state index contributed by atoms with van der Waals surface area (Å²) in [4.78, 5) is 53.1. The SMILES string of the molecule is NCCCCC(NC(=O)C(CCCN=C(N)N)NC(=O)C(N)Cc1ccccc1)C(=O)NCC(=O)O. The van der Waals surface area contributed by atoms with E-state index in [1.165, 1.54) is 0 Å². The van der Waals surface area contributed by atoms with Gasteiger partial charge in [-0.25, -0.2) is 0 Å². The van der Waals surface area contributed by atoms with Crippen LogP contribution >= 0.6 is 0 Å². The number of carbonyl (C=O) groups is 4. The summed E-state index contributed by atoms with van der Waals surface area (Å²) >= 11 is 0. The number of guanidine groups is 1. The summed E-state index contributed by atoms with van der Waals surface area (Å²) in [5, 5.41) is 16.4. The van der Waals surface area contributed by atoms with E-state index in [1.807, 2.05) is 30.3 Å². The first-order valence-corrected chi connectivity index (χ1v) is 11.8. The maximum atomic E-state index is 13.1. The Morgan fingerprint density at radius 1 is 0.889 bits per heavy atom. The quantitative estimate of drug-likeness (QED) is 0.0655. The lowest BCUT2D eigenvalue weighted by Crippen LogP contribution is -2.56. The number of carboxylic acid groups (broad SMARTS) is 1. The molecule has 1 aromatic rings. The molecule has 0 saturated carbocycles. The third kappa shape index (κ3) is 12.7. The topological polar surface area (TPSA) is 241 Å². The average Bonchev–Trinajstić information content (AvgIpc) is 2.84. The van der Waals surface area contributed by atoms with Crippen LogP contribution in [0.15, 0.2) is 35.3 Å². The van der Waals surface area contributed by atoms with Crippen molar-refractivity contribution >= 4 is 29.7 Å². The second kappa shape index (κ2) is 16.8. The van der Waals surface area contributed by atoms with E-state index in [4.69, 9.17) is 28.0 Å². The Kier molecular flexibility index (Phi) is 14.2. The van der Waals surface area contributed by atoms with Gasteiger partial charge in [0, 0.05) is 6.54 Å². The predicted molar refractivity (Wildman–Crippen MR) is 135 cm³/mol. The van der Waals surface area contributed by atoms with Gasteiger partial charge in [0.25, 0.3) is 0 Å². The summed E-state index contributed by atoms with van der Waals surface area (Å²) in [5.41, 5.74) is 23.1. The Hall–Kier alpha value is -3.71. The molecule has 3 atom stereocenters. The highest BCUT2D eigenvalue weighted by molar-refractivity contribution is 5.93. The monoisotopic (exact) mass is 506 g/mol. The summed E-state index contributed by atoms with van der Waals surface area (Å²) in [6.45, 7) is 0.0480. The molecule has 1 rings (SSSR count). The van der Waals surface area contributed by atoms with Gasteiger partial charge in [0.1, 0.15) is 18.6 Å². The van der Waals surface area contributed by atoms with Crippen molar-refractivity contribution in [2.75, 3.05) is 19.6 Å². The maximum Gasteiger partial charge on any atom is 0.322 e. The highest BCUT2D eigenvalue weighted by Gasteiger charge is 2.28. The predicted octanol–water partition coefficient (Wildman–Crippen LogP) is -2.09. The third-order valence-corrected chi connectivity index (χ3v) is 5.21. The van der Waals surface area contributed by atoms with Crippen molar-refractivity contribution in [1.29, 1.82) is 0 Å². The molecule has 13 nitrogen and oxygen atoms in total. The summed E-state index contributed by atoms with van der Waals surface area (Å²) in [5.74, 6) is -3.10. The molecule has 1 aromatic carbocycles. The molecule has 0 radical (unpaired) electrons. The number of aliphatic carboxylic acids is 1. The highest BCUT2D eigenvalue weighted by Crippen LogP contribution is 2.06. The first kappa shape index (κ1) is 30.3. The number of aliphatic imine (C=N–C) groups is 1. The zero-order valence-corrected chi connectivity index (χ0v) is 20.3. The molecule has 12 N–H and O–H groups in total. The third-order valence-electron chi connectivity index (χ3n) is 5.21. The Morgan fingerprint density at radius 3 is 2.11 bits per heavy atom. The van der Waals surface area contributed by atoms with Crippen LogP contribution < -0.4 is 38.9 Å². The van der Waals surface area contributed by atoms with Gasteiger partial charge < -0.3 is 44.0 Å². The number of hydrogen-bond acceptors (Lipinski definition) is 7. The van der Waals surface area contributed by atoms with E-state index in [2.05, 4.69) is 20.9 Å². The number of carbonyl (C=O) groups excluding carboxylic acids is 3. The normalized spacial score (nSPS) is 13.1. The molecule has 0 fully saturated rings. The van der Waals surface area contributed by atoms with E-state index in [1.54, 1.807) is 0 Å². The van der Waals surface area contributed by atoms with Crippen molar-refractivity contribution in [2.24, 2.45) is 27.9 Å². The van der Waals surface area contributed by atoms with E-state index in [0.29, 0.717) is 25.8 Å². The lowest BCUT2D eigenvalue weighted by Gasteiger charge is -2.24. The molecule has 3 amide bonds. The van der Waals surface area contributed by atoms with E-state index >= 15 is 0 Å². The number of nitrogens with two attached hydrogens (primary N) is 4. The summed E-state index contributed by atoms with van der Waals surface area (Å²) in [7, 11) is 0. The van der Waals surface area contributed by atoms with Gasteiger partial charge in [-0.2, -0.15) is 0 Å². The molecular formula is C23H38N8O5. The van der Waals surface area contributed by atoms with E-state index in [-0.39, 0.29) is 31.8 Å². The Labute approximate surface area is 210 Å². The number of amides is 3. The molecule has 0 aliphatic carbocycles. The van der Waals surface area contributed by atoms with Crippen molar-refractivity contribution in [3.8, 4) is 0 Å². The molecule has 0 saturated heterocycles. The standard InChI is InChI=1S/C23H38N8O5/c24-11-5-4-9-17(21(35)29-14-19(32)33)31-22(36)18(10-6-12-28-23(26)27)30-20(34)16(25)13-15-7-2-1-3-8-15/h1-3,7-8,16-18H,4-6,9-14,24-25H2,(H,29,35)(H,30,34)(H,31,36)(H,32,33)(H4,26,27,28). The summed E-state index contributed by atoms with van der Waals surface area (Å²) in [6, 6.07) is 6.28. The first-order chi connectivity index (χ1) is 17.1.